The van der Waals surface area contributed by atoms with Crippen molar-refractivity contribution in [2.24, 2.45) is 0 Å². The number of nitrogens with one attached hydrogen (secondary N) is 1. The van der Waals surface area contributed by atoms with Gasteiger partial charge in [0, 0.05) is 6.04 Å². The predicted octanol–water partition coefficient (Wildman–Crippen LogP) is 4.74. The van der Waals surface area contributed by atoms with E-state index in [1.54, 1.807) is 12.2 Å². The number of rotatable bonds is 6. The monoisotopic (exact) mass is 452 g/mol. The first-order valence-electron chi connectivity index (χ1n) is 7.70. The molecule has 1 fully saturated rings. The van der Waals surface area contributed by atoms with E-state index >= 15 is 0 Å². The number of ether oxygens (including phenoxy) is 1. The highest BCUT2D eigenvalue weighted by Gasteiger charge is 2.19. The Kier molecular flexibility index (Phi) is 7.07. The van der Waals surface area contributed by atoms with E-state index in [1.165, 1.54) is 0 Å². The van der Waals surface area contributed by atoms with Crippen LogP contribution >= 0.6 is 31.9 Å². The second kappa shape index (κ2) is 9.05. The fourth-order valence-corrected chi connectivity index (χ4v) is 4.04. The van der Waals surface area contributed by atoms with E-state index in [0.717, 1.165) is 40.2 Å². The molecule has 1 aromatic rings. The number of hydrogen-bond donors (Lipinski definition) is 1. The van der Waals surface area contributed by atoms with Crippen LogP contribution < -0.4 is 10.1 Å². The summed E-state index contributed by atoms with van der Waals surface area (Å²) in [6.45, 7) is 4.01. The summed E-state index contributed by atoms with van der Waals surface area (Å²) in [6, 6.07) is 5.79. The van der Waals surface area contributed by atoms with E-state index in [2.05, 4.69) is 43.8 Å². The van der Waals surface area contributed by atoms with E-state index in [-0.39, 0.29) is 17.5 Å². The van der Waals surface area contributed by atoms with Crippen LogP contribution in [0, 0.1) is 11.3 Å². The summed E-state index contributed by atoms with van der Waals surface area (Å²) in [5.41, 5.74) is 0.832. The van der Waals surface area contributed by atoms with Gasteiger partial charge in [0.25, 0.3) is 5.91 Å². The molecule has 0 saturated heterocycles. The molecule has 0 aromatic heterocycles. The lowest BCUT2D eigenvalue weighted by molar-refractivity contribution is -0.117. The topological polar surface area (TPSA) is 62.1 Å². The van der Waals surface area contributed by atoms with Gasteiger partial charge in [0.2, 0.25) is 0 Å². The van der Waals surface area contributed by atoms with Crippen LogP contribution in [0.15, 0.2) is 39.3 Å². The number of nitriles is 1. The minimum absolute atomic E-state index is 0.0976. The van der Waals surface area contributed by atoms with Crippen molar-refractivity contribution in [3.63, 3.8) is 0 Å². The molecular formula is C18H18Br2N2O2. The number of hydrogen-bond acceptors (Lipinski definition) is 3. The number of amides is 1. The Hall–Kier alpha value is -1.58. The molecule has 1 N–H and O–H groups in total. The highest BCUT2D eigenvalue weighted by Crippen LogP contribution is 2.35. The summed E-state index contributed by atoms with van der Waals surface area (Å²) in [7, 11) is 0. The second-order valence-electron chi connectivity index (χ2n) is 5.54. The quantitative estimate of drug-likeness (QED) is 0.384. The zero-order valence-corrected chi connectivity index (χ0v) is 16.3. The van der Waals surface area contributed by atoms with E-state index in [4.69, 9.17) is 4.74 Å². The fourth-order valence-electron chi connectivity index (χ4n) is 2.59. The Morgan fingerprint density at radius 2 is 2.00 bits per heavy atom. The minimum atomic E-state index is -0.316. The second-order valence-corrected chi connectivity index (χ2v) is 7.25. The lowest BCUT2D eigenvalue weighted by Gasteiger charge is -2.12. The average molecular weight is 454 g/mol. The Morgan fingerprint density at radius 3 is 2.54 bits per heavy atom. The van der Waals surface area contributed by atoms with Crippen LogP contribution in [0.4, 0.5) is 0 Å². The SMILES string of the molecule is C=CCOc1c(Br)cc(/C=C(\C#N)C(=O)NC2CCCC2)cc1Br. The van der Waals surface area contributed by atoms with E-state index in [1.807, 2.05) is 18.2 Å². The van der Waals surface area contributed by atoms with Crippen LogP contribution in [0.3, 0.4) is 0 Å². The number of carbonyl (C=O) groups is 1. The van der Waals surface area contributed by atoms with Crippen molar-refractivity contribution >= 4 is 43.8 Å². The summed E-state index contributed by atoms with van der Waals surface area (Å²) >= 11 is 6.89. The van der Waals surface area contributed by atoms with E-state index in [0.29, 0.717) is 12.4 Å². The summed E-state index contributed by atoms with van der Waals surface area (Å²) < 4.78 is 7.03. The number of nitrogens with zero attached hydrogens (tertiary/aromatic N) is 1. The maximum absolute atomic E-state index is 12.3. The normalized spacial score (nSPS) is 15.0. The van der Waals surface area contributed by atoms with Gasteiger partial charge >= 0.3 is 0 Å². The lowest BCUT2D eigenvalue weighted by atomic mass is 10.1. The fraction of sp³-hybridized carbons (Fsp3) is 0.333. The van der Waals surface area contributed by atoms with Crippen LogP contribution in [0.1, 0.15) is 31.2 Å². The Bertz CT molecular complexity index is 678. The Balaban J connectivity index is 2.19. The van der Waals surface area contributed by atoms with Crippen molar-refractivity contribution in [2.75, 3.05) is 6.61 Å². The van der Waals surface area contributed by atoms with Crippen molar-refractivity contribution in [2.45, 2.75) is 31.7 Å². The van der Waals surface area contributed by atoms with E-state index < -0.39 is 0 Å². The number of benzene rings is 1. The van der Waals surface area contributed by atoms with Gasteiger partial charge in [-0.15, -0.1) is 0 Å². The van der Waals surface area contributed by atoms with Crippen molar-refractivity contribution in [3.05, 3.63) is 44.9 Å². The van der Waals surface area contributed by atoms with Gasteiger partial charge in [0.15, 0.2) is 0 Å². The average Bonchev–Trinajstić information content (AvgIpc) is 3.04. The smallest absolute Gasteiger partial charge is 0.262 e. The van der Waals surface area contributed by atoms with Gasteiger partial charge in [-0.05, 0) is 68.5 Å². The Morgan fingerprint density at radius 1 is 1.38 bits per heavy atom. The summed E-state index contributed by atoms with van der Waals surface area (Å²) in [4.78, 5) is 12.3. The first-order valence-corrected chi connectivity index (χ1v) is 9.29. The molecule has 0 aliphatic heterocycles. The third-order valence-electron chi connectivity index (χ3n) is 3.73. The van der Waals surface area contributed by atoms with E-state index in [9.17, 15) is 10.1 Å². The van der Waals surface area contributed by atoms with Gasteiger partial charge in [0.1, 0.15) is 24.0 Å². The van der Waals surface area contributed by atoms with Crippen molar-refractivity contribution in [1.82, 2.24) is 5.32 Å². The maximum Gasteiger partial charge on any atom is 0.262 e. The van der Waals surface area contributed by atoms with Crippen molar-refractivity contribution < 1.29 is 9.53 Å². The van der Waals surface area contributed by atoms with Gasteiger partial charge in [-0.3, -0.25) is 4.79 Å². The molecule has 4 nitrogen and oxygen atoms in total. The van der Waals surface area contributed by atoms with Gasteiger partial charge in [-0.2, -0.15) is 5.26 Å². The number of halogens is 2. The molecule has 0 bridgehead atoms. The Labute approximate surface area is 158 Å². The summed E-state index contributed by atoms with van der Waals surface area (Å²) in [6.07, 6.45) is 7.46. The molecule has 6 heteroatoms. The molecular weight excluding hydrogens is 436 g/mol. The summed E-state index contributed by atoms with van der Waals surface area (Å²) in [5, 5.41) is 12.2. The molecule has 0 spiro atoms. The molecule has 0 atom stereocenters. The first-order chi connectivity index (χ1) is 11.5. The number of carbonyl (C=O) groups excluding carboxylic acids is 1. The van der Waals surface area contributed by atoms with Gasteiger partial charge in [0.05, 0.1) is 8.95 Å². The predicted molar refractivity (Wildman–Crippen MR) is 102 cm³/mol. The molecule has 1 aliphatic carbocycles. The molecule has 1 aliphatic rings. The standard InChI is InChI=1S/C18H18Br2N2O2/c1-2-7-24-17-15(19)9-12(10-16(17)20)8-13(11-21)18(23)22-14-5-3-4-6-14/h2,8-10,14H,1,3-7H2,(H,22,23)/b13-8+. The molecule has 1 aromatic carbocycles. The van der Waals surface area contributed by atoms with Crippen LogP contribution in [-0.2, 0) is 4.79 Å². The lowest BCUT2D eigenvalue weighted by Crippen LogP contribution is -2.33. The summed E-state index contributed by atoms with van der Waals surface area (Å²) in [5.74, 6) is 0.338. The van der Waals surface area contributed by atoms with Gasteiger partial charge < -0.3 is 10.1 Å². The molecule has 126 valence electrons. The highest BCUT2D eigenvalue weighted by molar-refractivity contribution is 9.11. The largest absolute Gasteiger partial charge is 0.487 e. The molecule has 0 radical (unpaired) electrons. The molecule has 1 amide bonds. The highest BCUT2D eigenvalue weighted by atomic mass is 79.9. The van der Waals surface area contributed by atoms with Crippen LogP contribution in [0.5, 0.6) is 5.75 Å². The molecule has 2 rings (SSSR count). The zero-order chi connectivity index (χ0) is 17.5. The third kappa shape index (κ3) is 4.96. The zero-order valence-electron chi connectivity index (χ0n) is 13.1. The van der Waals surface area contributed by atoms with Crippen LogP contribution in [-0.4, -0.2) is 18.6 Å². The molecule has 0 heterocycles. The first kappa shape index (κ1) is 18.8. The third-order valence-corrected chi connectivity index (χ3v) is 4.91. The maximum atomic E-state index is 12.3. The van der Waals surface area contributed by atoms with Gasteiger partial charge in [-0.1, -0.05) is 25.5 Å². The van der Waals surface area contributed by atoms with Crippen molar-refractivity contribution in [1.29, 1.82) is 5.26 Å². The van der Waals surface area contributed by atoms with Crippen molar-refractivity contribution in [3.8, 4) is 11.8 Å². The molecule has 0 unspecified atom stereocenters. The van der Waals surface area contributed by atoms with Crippen LogP contribution in [0.2, 0.25) is 0 Å². The van der Waals surface area contributed by atoms with Crippen LogP contribution in [0.25, 0.3) is 6.08 Å². The molecule has 1 saturated carbocycles. The molecule has 24 heavy (non-hydrogen) atoms. The minimum Gasteiger partial charge on any atom is -0.487 e. The van der Waals surface area contributed by atoms with Gasteiger partial charge in [-0.25, -0.2) is 0 Å².